The van der Waals surface area contributed by atoms with Crippen molar-refractivity contribution in [3.63, 3.8) is 0 Å². The zero-order valence-electron chi connectivity index (χ0n) is 14.4. The second-order valence-corrected chi connectivity index (χ2v) is 9.77. The van der Waals surface area contributed by atoms with Crippen molar-refractivity contribution in [1.29, 1.82) is 0 Å². The monoisotopic (exact) mass is 400 g/mol. The summed E-state index contributed by atoms with van der Waals surface area (Å²) in [4.78, 5) is 5.11. The van der Waals surface area contributed by atoms with E-state index in [2.05, 4.69) is 84.3 Å². The van der Waals surface area contributed by atoms with Gasteiger partial charge in [0.1, 0.15) is 7.55 Å². The Balaban J connectivity index is 2.00. The first-order chi connectivity index (χ1) is 11.5. The van der Waals surface area contributed by atoms with Gasteiger partial charge in [0.05, 0.1) is 13.0 Å². The normalized spacial score (nSPS) is 20.5. The summed E-state index contributed by atoms with van der Waals surface area (Å²) in [5.74, 6) is 0.729. The Morgan fingerprint density at radius 3 is 2.67 bits per heavy atom. The summed E-state index contributed by atoms with van der Waals surface area (Å²) < 4.78 is 1.17. The zero-order valence-corrected chi connectivity index (χ0v) is 16.9. The van der Waals surface area contributed by atoms with Crippen molar-refractivity contribution in [1.82, 2.24) is 0 Å². The van der Waals surface area contributed by atoms with Crippen LogP contribution in [0.2, 0.25) is 0 Å². The lowest BCUT2D eigenvalue weighted by Gasteiger charge is -2.28. The second kappa shape index (κ2) is 7.76. The summed E-state index contributed by atoms with van der Waals surface area (Å²) in [5.41, 5.74) is 5.65. The average Bonchev–Trinajstić information content (AvgIpc) is 2.57. The molecule has 0 saturated heterocycles. The van der Waals surface area contributed by atoms with Gasteiger partial charge in [-0.2, -0.15) is 0 Å². The van der Waals surface area contributed by atoms with Gasteiger partial charge in [0.25, 0.3) is 0 Å². The van der Waals surface area contributed by atoms with E-state index in [9.17, 15) is 0 Å². The highest BCUT2D eigenvalue weighted by atomic mass is 79.9. The highest BCUT2D eigenvalue weighted by molar-refractivity contribution is 9.10. The number of aliphatic imine (C=N–C) groups is 1. The van der Waals surface area contributed by atoms with Gasteiger partial charge in [0, 0.05) is 16.1 Å². The lowest BCUT2D eigenvalue weighted by molar-refractivity contribution is 0.775. The fraction of sp³-hybridized carbons (Fsp3) is 0.333. The summed E-state index contributed by atoms with van der Waals surface area (Å²) in [6.07, 6.45) is 7.40. The van der Waals surface area contributed by atoms with E-state index in [-0.39, 0.29) is 7.55 Å². The molecule has 0 fully saturated rings. The van der Waals surface area contributed by atoms with Crippen molar-refractivity contribution >= 4 is 35.5 Å². The van der Waals surface area contributed by atoms with Crippen LogP contribution in [0.1, 0.15) is 36.0 Å². The number of fused-ring (bicyclic) bond motifs is 1. The SMILES string of the molecule is C=[P+](C)C(C)N=C1CCc2cc(Br)ccc2C1Cc1ccccc1. The third kappa shape index (κ3) is 4.05. The minimum atomic E-state index is -0.282. The van der Waals surface area contributed by atoms with Crippen molar-refractivity contribution in [2.24, 2.45) is 4.99 Å². The smallest absolute Gasteiger partial charge is 0.201 e. The predicted octanol–water partition coefficient (Wildman–Crippen LogP) is 6.05. The molecular weight excluding hydrogens is 377 g/mol. The number of hydrogen-bond acceptors (Lipinski definition) is 1. The van der Waals surface area contributed by atoms with Crippen LogP contribution < -0.4 is 0 Å². The lowest BCUT2D eigenvalue weighted by Crippen LogP contribution is -2.24. The largest absolute Gasteiger partial charge is 0.245 e. The Morgan fingerprint density at radius 2 is 1.96 bits per heavy atom. The van der Waals surface area contributed by atoms with E-state index in [1.165, 1.54) is 26.9 Å². The van der Waals surface area contributed by atoms with Gasteiger partial charge in [0.15, 0.2) is 0 Å². The van der Waals surface area contributed by atoms with Crippen LogP contribution >= 0.6 is 23.5 Å². The maximum atomic E-state index is 5.11. The summed E-state index contributed by atoms with van der Waals surface area (Å²) in [6, 6.07) is 17.5. The fourth-order valence-electron chi connectivity index (χ4n) is 3.32. The molecule has 2 aromatic rings. The summed E-state index contributed by atoms with van der Waals surface area (Å²) in [5, 5.41) is 0. The molecule has 0 N–H and O–H groups in total. The Labute approximate surface area is 154 Å². The maximum absolute atomic E-state index is 5.11. The standard InChI is InChI=1S/C21H24BrNP/c1-15(24(2)3)23-21-12-9-17-14-18(22)10-11-19(17)20(21)13-16-7-5-4-6-8-16/h4-8,10-11,14-15,20H,2,9,12-13H2,1,3H3/q+1. The van der Waals surface area contributed by atoms with E-state index in [1.54, 1.807) is 0 Å². The van der Waals surface area contributed by atoms with Crippen molar-refractivity contribution < 1.29 is 0 Å². The van der Waals surface area contributed by atoms with Crippen LogP contribution in [0.25, 0.3) is 0 Å². The number of rotatable bonds is 4. The third-order valence-electron chi connectivity index (χ3n) is 4.81. The molecule has 0 aromatic heterocycles. The van der Waals surface area contributed by atoms with Crippen LogP contribution in [0.3, 0.4) is 0 Å². The van der Waals surface area contributed by atoms with Crippen molar-refractivity contribution in [3.05, 3.63) is 69.7 Å². The van der Waals surface area contributed by atoms with E-state index >= 15 is 0 Å². The minimum Gasteiger partial charge on any atom is -0.245 e. The van der Waals surface area contributed by atoms with Crippen LogP contribution in [-0.4, -0.2) is 24.5 Å². The molecule has 124 valence electrons. The molecule has 3 heteroatoms. The number of halogens is 1. The number of aryl methyl sites for hydroxylation is 1. The lowest BCUT2D eigenvalue weighted by atomic mass is 9.78. The fourth-order valence-corrected chi connectivity index (χ4v) is 4.07. The van der Waals surface area contributed by atoms with Crippen molar-refractivity contribution in [3.8, 4) is 0 Å². The van der Waals surface area contributed by atoms with E-state index in [4.69, 9.17) is 4.99 Å². The van der Waals surface area contributed by atoms with Gasteiger partial charge in [0.2, 0.25) is 5.78 Å². The van der Waals surface area contributed by atoms with Gasteiger partial charge in [-0.1, -0.05) is 52.3 Å². The molecule has 1 aliphatic rings. The van der Waals surface area contributed by atoms with E-state index in [0.29, 0.717) is 11.7 Å². The zero-order chi connectivity index (χ0) is 17.1. The Hall–Kier alpha value is -1.24. The topological polar surface area (TPSA) is 12.4 Å². The van der Waals surface area contributed by atoms with Crippen LogP contribution in [0.4, 0.5) is 0 Å². The first kappa shape index (κ1) is 17.6. The maximum Gasteiger partial charge on any atom is 0.201 e. The second-order valence-electron chi connectivity index (χ2n) is 6.59. The van der Waals surface area contributed by atoms with Crippen LogP contribution in [0.5, 0.6) is 0 Å². The molecule has 0 bridgehead atoms. The van der Waals surface area contributed by atoms with Crippen LogP contribution in [0.15, 0.2) is 58.0 Å². The molecule has 24 heavy (non-hydrogen) atoms. The molecule has 0 amide bonds. The molecule has 3 unspecified atom stereocenters. The molecule has 3 atom stereocenters. The summed E-state index contributed by atoms with van der Waals surface area (Å²) >= 11 is 3.62. The molecule has 3 rings (SSSR count). The minimum absolute atomic E-state index is 0.282. The molecule has 1 aliphatic carbocycles. The Morgan fingerprint density at radius 1 is 1.21 bits per heavy atom. The van der Waals surface area contributed by atoms with Gasteiger partial charge in [-0.15, -0.1) is 0 Å². The Bertz CT molecular complexity index is 767. The quantitative estimate of drug-likeness (QED) is 0.553. The first-order valence-electron chi connectivity index (χ1n) is 8.46. The molecule has 0 aliphatic heterocycles. The van der Waals surface area contributed by atoms with E-state index in [0.717, 1.165) is 19.3 Å². The average molecular weight is 401 g/mol. The van der Waals surface area contributed by atoms with Gasteiger partial charge >= 0.3 is 0 Å². The predicted molar refractivity (Wildman–Crippen MR) is 112 cm³/mol. The van der Waals surface area contributed by atoms with Gasteiger partial charge < -0.3 is 0 Å². The summed E-state index contributed by atoms with van der Waals surface area (Å²) in [6.45, 7) is 4.42. The highest BCUT2D eigenvalue weighted by Gasteiger charge is 2.27. The molecule has 1 nitrogen and oxygen atoms in total. The van der Waals surface area contributed by atoms with Crippen molar-refractivity contribution in [2.45, 2.75) is 37.9 Å². The molecule has 0 heterocycles. The van der Waals surface area contributed by atoms with Crippen LogP contribution in [0, 0.1) is 0 Å². The van der Waals surface area contributed by atoms with Crippen molar-refractivity contribution in [2.75, 3.05) is 6.66 Å². The molecule has 0 radical (unpaired) electrons. The van der Waals surface area contributed by atoms with Gasteiger partial charge in [-0.05, 0) is 55.0 Å². The highest BCUT2D eigenvalue weighted by Crippen LogP contribution is 2.36. The number of nitrogens with zero attached hydrogens (tertiary/aromatic N) is 1. The third-order valence-corrected chi connectivity index (χ3v) is 6.69. The summed E-state index contributed by atoms with van der Waals surface area (Å²) in [7, 11) is -0.282. The van der Waals surface area contributed by atoms with E-state index < -0.39 is 0 Å². The molecule has 2 aromatic carbocycles. The molecular formula is C21H24BrNP+. The number of hydrogen-bond donors (Lipinski definition) is 0. The van der Waals surface area contributed by atoms with E-state index in [1.807, 2.05) is 0 Å². The Kier molecular flexibility index (Phi) is 5.69. The van der Waals surface area contributed by atoms with Crippen LogP contribution in [-0.2, 0) is 12.8 Å². The van der Waals surface area contributed by atoms with Gasteiger partial charge in [-0.25, -0.2) is 4.99 Å². The number of benzene rings is 2. The molecule has 0 spiro atoms. The first-order valence-corrected chi connectivity index (χ1v) is 11.3. The molecule has 0 saturated carbocycles. The van der Waals surface area contributed by atoms with Gasteiger partial charge in [-0.3, -0.25) is 0 Å².